The fraction of sp³-hybridized carbons (Fsp3) is 0. The Balaban J connectivity index is 0.00000192. The molecule has 0 N–H and O–H groups in total. The Hall–Kier alpha value is -3.14. The number of aromatic nitrogens is 3. The molecular formula is C23H15IrN4-. The molecule has 0 saturated heterocycles. The van der Waals surface area contributed by atoms with Crippen molar-refractivity contribution >= 4 is 17.1 Å². The van der Waals surface area contributed by atoms with Crippen molar-refractivity contribution in [1.29, 1.82) is 0 Å². The van der Waals surface area contributed by atoms with E-state index in [0.29, 0.717) is 0 Å². The number of nitrogens with zero attached hydrogens (tertiary/aromatic N) is 4. The molecule has 4 nitrogen and oxygen atoms in total. The third-order valence-electron chi connectivity index (χ3n) is 4.55. The molecule has 3 heterocycles. The second kappa shape index (κ2) is 7.85. The van der Waals surface area contributed by atoms with Gasteiger partial charge in [-0.15, -0.1) is 23.8 Å². The smallest absolute Gasteiger partial charge is 0.115 e. The average Bonchev–Trinajstić information content (AvgIpc) is 2.90. The van der Waals surface area contributed by atoms with Gasteiger partial charge in [0.15, 0.2) is 0 Å². The van der Waals surface area contributed by atoms with Gasteiger partial charge in [0, 0.05) is 37.7 Å². The molecule has 1 aliphatic rings. The van der Waals surface area contributed by atoms with Gasteiger partial charge in [-0.2, -0.15) is 0 Å². The zero-order chi connectivity index (χ0) is 18.1. The Bertz CT molecular complexity index is 1130. The van der Waals surface area contributed by atoms with E-state index in [0.717, 1.165) is 39.5 Å². The molecule has 0 amide bonds. The van der Waals surface area contributed by atoms with E-state index in [1.807, 2.05) is 42.7 Å². The van der Waals surface area contributed by atoms with Crippen LogP contribution in [0.15, 0.2) is 91.6 Å². The molecule has 0 saturated carbocycles. The number of hydrogen-bond donors (Lipinski definition) is 0. The third kappa shape index (κ3) is 3.15. The molecule has 1 radical (unpaired) electrons. The number of benzene rings is 2. The van der Waals surface area contributed by atoms with E-state index in [1.54, 1.807) is 6.20 Å². The van der Waals surface area contributed by atoms with Crippen LogP contribution in [0.1, 0.15) is 11.3 Å². The Kier molecular flexibility index (Phi) is 5.11. The second-order valence-electron chi connectivity index (χ2n) is 6.18. The van der Waals surface area contributed by atoms with Crippen molar-refractivity contribution in [3.05, 3.63) is 109 Å². The summed E-state index contributed by atoms with van der Waals surface area (Å²) in [5.41, 5.74) is 6.92. The van der Waals surface area contributed by atoms with Crippen LogP contribution in [0.2, 0.25) is 0 Å². The fourth-order valence-corrected chi connectivity index (χ4v) is 3.38. The summed E-state index contributed by atoms with van der Waals surface area (Å²) in [7, 11) is 0. The topological polar surface area (TPSA) is 41.9 Å². The van der Waals surface area contributed by atoms with Gasteiger partial charge in [-0.25, -0.2) is 9.97 Å². The van der Waals surface area contributed by atoms with E-state index >= 15 is 0 Å². The van der Waals surface area contributed by atoms with Crippen LogP contribution in [0.4, 0.5) is 11.4 Å². The van der Waals surface area contributed by atoms with Gasteiger partial charge in [-0.1, -0.05) is 48.0 Å². The van der Waals surface area contributed by atoms with Crippen LogP contribution in [-0.4, -0.2) is 15.0 Å². The first-order valence-corrected chi connectivity index (χ1v) is 8.71. The van der Waals surface area contributed by atoms with Crippen LogP contribution < -0.4 is 4.90 Å². The van der Waals surface area contributed by atoms with E-state index in [-0.39, 0.29) is 20.1 Å². The summed E-state index contributed by atoms with van der Waals surface area (Å²) < 4.78 is 0. The zero-order valence-electron chi connectivity index (χ0n) is 14.8. The molecule has 0 fully saturated rings. The number of rotatable bonds is 2. The minimum absolute atomic E-state index is 0. The van der Waals surface area contributed by atoms with Gasteiger partial charge in [0.1, 0.15) is 6.33 Å². The number of anilines is 2. The molecule has 0 aliphatic carbocycles. The van der Waals surface area contributed by atoms with Gasteiger partial charge in [-0.05, 0) is 23.4 Å². The van der Waals surface area contributed by atoms with Crippen molar-refractivity contribution in [3.8, 4) is 11.1 Å². The molecular weight excluding hydrogens is 524 g/mol. The summed E-state index contributed by atoms with van der Waals surface area (Å²) in [4.78, 5) is 15.2. The number of fused-ring (bicyclic) bond motifs is 3. The van der Waals surface area contributed by atoms with Gasteiger partial charge in [0.25, 0.3) is 0 Å². The first kappa shape index (κ1) is 18.2. The molecule has 0 spiro atoms. The largest absolute Gasteiger partial charge is 0.324 e. The van der Waals surface area contributed by atoms with Crippen LogP contribution in [-0.2, 0) is 20.1 Å². The molecule has 28 heavy (non-hydrogen) atoms. The Morgan fingerprint density at radius 1 is 0.750 bits per heavy atom. The summed E-state index contributed by atoms with van der Waals surface area (Å²) in [6.07, 6.45) is 10.6. The predicted molar refractivity (Wildman–Crippen MR) is 106 cm³/mol. The van der Waals surface area contributed by atoms with Gasteiger partial charge < -0.3 is 9.88 Å². The Morgan fingerprint density at radius 3 is 2.25 bits per heavy atom. The molecule has 5 heteroatoms. The molecule has 4 aromatic rings. The van der Waals surface area contributed by atoms with Gasteiger partial charge in [0.05, 0.1) is 18.1 Å². The summed E-state index contributed by atoms with van der Waals surface area (Å²) in [5, 5.41) is 0. The van der Waals surface area contributed by atoms with E-state index in [2.05, 4.69) is 62.3 Å². The van der Waals surface area contributed by atoms with Crippen LogP contribution in [0.5, 0.6) is 0 Å². The summed E-state index contributed by atoms with van der Waals surface area (Å²) in [5.74, 6) is 0. The van der Waals surface area contributed by atoms with Crippen molar-refractivity contribution in [2.75, 3.05) is 4.90 Å². The van der Waals surface area contributed by atoms with Crippen LogP contribution in [0.25, 0.3) is 16.8 Å². The summed E-state index contributed by atoms with van der Waals surface area (Å²) >= 11 is 0. The minimum atomic E-state index is 0. The third-order valence-corrected chi connectivity index (χ3v) is 4.55. The van der Waals surface area contributed by atoms with E-state index in [9.17, 15) is 0 Å². The first-order chi connectivity index (χ1) is 13.4. The molecule has 0 atom stereocenters. The molecule has 0 unspecified atom stereocenters. The van der Waals surface area contributed by atoms with Crippen LogP contribution in [0, 0.1) is 6.08 Å². The maximum atomic E-state index is 4.58. The normalized spacial score (nSPS) is 12.1. The van der Waals surface area contributed by atoms with Gasteiger partial charge in [0.2, 0.25) is 0 Å². The Labute approximate surface area is 177 Å². The number of pyridine rings is 1. The predicted octanol–water partition coefficient (Wildman–Crippen LogP) is 4.88. The minimum Gasteiger partial charge on any atom is -0.324 e. The standard InChI is InChI=1S/C23H15N4.Ir/c1-2-8-19-17(7-1)13-23(21-10-5-6-12-26-21)27(18-14-24-16-25-15-18)22-11-4-3-9-20(19)22;/h1-12,14-16H;/q-1;. The fourth-order valence-electron chi connectivity index (χ4n) is 3.38. The van der Waals surface area contributed by atoms with Crippen molar-refractivity contribution in [1.82, 2.24) is 15.0 Å². The van der Waals surface area contributed by atoms with Crippen LogP contribution >= 0.6 is 0 Å². The number of para-hydroxylation sites is 1. The molecule has 137 valence electrons. The first-order valence-electron chi connectivity index (χ1n) is 8.71. The summed E-state index contributed by atoms with van der Waals surface area (Å²) in [6, 6.07) is 22.5. The van der Waals surface area contributed by atoms with E-state index < -0.39 is 0 Å². The summed E-state index contributed by atoms with van der Waals surface area (Å²) in [6.45, 7) is 0. The van der Waals surface area contributed by atoms with Crippen molar-refractivity contribution in [2.24, 2.45) is 0 Å². The maximum Gasteiger partial charge on any atom is 0.115 e. The maximum absolute atomic E-state index is 4.58. The Morgan fingerprint density at radius 2 is 1.46 bits per heavy atom. The molecule has 5 rings (SSSR count). The van der Waals surface area contributed by atoms with Gasteiger partial charge in [-0.3, -0.25) is 0 Å². The second-order valence-corrected chi connectivity index (χ2v) is 6.18. The quantitative estimate of drug-likeness (QED) is 0.341. The van der Waals surface area contributed by atoms with Gasteiger partial charge >= 0.3 is 0 Å². The van der Waals surface area contributed by atoms with E-state index in [4.69, 9.17) is 0 Å². The molecule has 2 aromatic heterocycles. The zero-order valence-corrected chi connectivity index (χ0v) is 17.2. The molecule has 0 bridgehead atoms. The molecule has 2 aromatic carbocycles. The van der Waals surface area contributed by atoms with E-state index in [1.165, 1.54) is 6.33 Å². The van der Waals surface area contributed by atoms with Crippen molar-refractivity contribution < 1.29 is 20.1 Å². The van der Waals surface area contributed by atoms with Crippen molar-refractivity contribution in [2.45, 2.75) is 0 Å². The van der Waals surface area contributed by atoms with Crippen molar-refractivity contribution in [3.63, 3.8) is 0 Å². The SMILES string of the molecule is [C-]1=C(c2ccccn2)N(c2cncnc2)c2ccccc2-c2ccccc21.[Ir]. The number of hydrogen-bond acceptors (Lipinski definition) is 4. The molecule has 1 aliphatic heterocycles. The monoisotopic (exact) mass is 540 g/mol. The average molecular weight is 540 g/mol. The van der Waals surface area contributed by atoms with Crippen LogP contribution in [0.3, 0.4) is 0 Å².